The zero-order valence-corrected chi connectivity index (χ0v) is 13.6. The average molecular weight is 337 g/mol. The van der Waals surface area contributed by atoms with Gasteiger partial charge < -0.3 is 26.2 Å². The van der Waals surface area contributed by atoms with Crippen molar-refractivity contribution in [3.8, 4) is 5.75 Å². The maximum Gasteiger partial charge on any atom is 0.322 e. The van der Waals surface area contributed by atoms with Gasteiger partial charge in [-0.3, -0.25) is 14.4 Å². The Kier molecular flexibility index (Phi) is 8.28. The van der Waals surface area contributed by atoms with Crippen molar-refractivity contribution in [2.45, 2.75) is 25.3 Å². The molecular weight excluding hydrogens is 314 g/mol. The van der Waals surface area contributed by atoms with Gasteiger partial charge in [0.05, 0.1) is 13.2 Å². The standard InChI is InChI=1S/C16H23N3O5/c1-24-12-7-5-11(6-8-12)15(22)18-9-3-2-4-13(17)16(23)19-10-14(20)21/h5-8,13H,2-4,9-10,17H2,1H3,(H,18,22)(H,19,23)(H,20,21). The molecule has 0 radical (unpaired) electrons. The van der Waals surface area contributed by atoms with Crippen LogP contribution >= 0.6 is 0 Å². The number of hydrogen-bond acceptors (Lipinski definition) is 5. The van der Waals surface area contributed by atoms with Crippen LogP contribution in [0.3, 0.4) is 0 Å². The van der Waals surface area contributed by atoms with Crippen molar-refractivity contribution >= 4 is 17.8 Å². The first-order chi connectivity index (χ1) is 11.4. The molecule has 0 bridgehead atoms. The summed E-state index contributed by atoms with van der Waals surface area (Å²) in [5.74, 6) is -1.10. The molecule has 8 nitrogen and oxygen atoms in total. The number of nitrogens with one attached hydrogen (secondary N) is 2. The van der Waals surface area contributed by atoms with Crippen molar-refractivity contribution in [3.05, 3.63) is 29.8 Å². The van der Waals surface area contributed by atoms with Gasteiger partial charge in [-0.2, -0.15) is 0 Å². The number of carbonyl (C=O) groups is 3. The van der Waals surface area contributed by atoms with Crippen molar-refractivity contribution < 1.29 is 24.2 Å². The summed E-state index contributed by atoms with van der Waals surface area (Å²) in [5, 5.41) is 13.5. The molecule has 1 rings (SSSR count). The second-order valence-corrected chi connectivity index (χ2v) is 5.20. The van der Waals surface area contributed by atoms with E-state index in [0.717, 1.165) is 0 Å². The van der Waals surface area contributed by atoms with E-state index >= 15 is 0 Å². The molecule has 0 aliphatic carbocycles. The molecule has 0 fully saturated rings. The molecule has 1 aromatic carbocycles. The topological polar surface area (TPSA) is 131 Å². The van der Waals surface area contributed by atoms with Crippen LogP contribution in [0, 0.1) is 0 Å². The third-order valence-electron chi connectivity index (χ3n) is 3.33. The fourth-order valence-electron chi connectivity index (χ4n) is 1.96. The van der Waals surface area contributed by atoms with Crippen LogP contribution in [0.5, 0.6) is 5.75 Å². The summed E-state index contributed by atoms with van der Waals surface area (Å²) >= 11 is 0. The largest absolute Gasteiger partial charge is 0.497 e. The van der Waals surface area contributed by atoms with Crippen molar-refractivity contribution in [3.63, 3.8) is 0 Å². The Morgan fingerprint density at radius 2 is 1.83 bits per heavy atom. The van der Waals surface area contributed by atoms with E-state index in [4.69, 9.17) is 15.6 Å². The maximum atomic E-state index is 11.9. The number of methoxy groups -OCH3 is 1. The van der Waals surface area contributed by atoms with Gasteiger partial charge in [0.25, 0.3) is 5.91 Å². The van der Waals surface area contributed by atoms with Crippen LogP contribution in [0.4, 0.5) is 0 Å². The summed E-state index contributed by atoms with van der Waals surface area (Å²) < 4.78 is 5.03. The molecule has 0 spiro atoms. The van der Waals surface area contributed by atoms with E-state index < -0.39 is 24.5 Å². The molecule has 0 aliphatic rings. The van der Waals surface area contributed by atoms with E-state index in [1.54, 1.807) is 31.4 Å². The van der Waals surface area contributed by atoms with Gasteiger partial charge >= 0.3 is 5.97 Å². The van der Waals surface area contributed by atoms with Crippen LogP contribution in [0.15, 0.2) is 24.3 Å². The van der Waals surface area contributed by atoms with E-state index in [-0.39, 0.29) is 5.91 Å². The molecule has 0 saturated heterocycles. The quantitative estimate of drug-likeness (QED) is 0.449. The minimum atomic E-state index is -1.11. The third kappa shape index (κ3) is 7.10. The molecule has 0 aliphatic heterocycles. The van der Waals surface area contributed by atoms with Gasteiger partial charge in [-0.05, 0) is 43.5 Å². The molecular formula is C16H23N3O5. The lowest BCUT2D eigenvalue weighted by Gasteiger charge is -2.11. The summed E-state index contributed by atoms with van der Waals surface area (Å²) in [5.41, 5.74) is 6.20. The van der Waals surface area contributed by atoms with Crippen LogP contribution < -0.4 is 21.1 Å². The Morgan fingerprint density at radius 3 is 2.42 bits per heavy atom. The first-order valence-electron chi connectivity index (χ1n) is 7.61. The predicted octanol–water partition coefficient (Wildman–Crippen LogP) is 0.123. The SMILES string of the molecule is COc1ccc(C(=O)NCCCCC(N)C(=O)NCC(=O)O)cc1. The van der Waals surface area contributed by atoms with Gasteiger partial charge in [-0.1, -0.05) is 0 Å². The molecule has 24 heavy (non-hydrogen) atoms. The van der Waals surface area contributed by atoms with Gasteiger partial charge in [0.15, 0.2) is 0 Å². The lowest BCUT2D eigenvalue weighted by molar-refractivity contribution is -0.138. The number of ether oxygens (including phenoxy) is 1. The number of benzene rings is 1. The summed E-state index contributed by atoms with van der Waals surface area (Å²) in [6, 6.07) is 6.03. The molecule has 0 saturated carbocycles. The first-order valence-corrected chi connectivity index (χ1v) is 7.61. The minimum absolute atomic E-state index is 0.179. The number of hydrogen-bond donors (Lipinski definition) is 4. The van der Waals surface area contributed by atoms with Gasteiger partial charge in [0, 0.05) is 12.1 Å². The van der Waals surface area contributed by atoms with Crippen LogP contribution in [0.25, 0.3) is 0 Å². The Bertz CT molecular complexity index is 559. The number of carbonyl (C=O) groups excluding carboxylic acids is 2. The summed E-state index contributed by atoms with van der Waals surface area (Å²) in [4.78, 5) is 33.7. The Balaban J connectivity index is 2.19. The highest BCUT2D eigenvalue weighted by Crippen LogP contribution is 2.11. The maximum absolute atomic E-state index is 11.9. The molecule has 8 heteroatoms. The van der Waals surface area contributed by atoms with Gasteiger partial charge in [-0.15, -0.1) is 0 Å². The number of aliphatic carboxylic acids is 1. The zero-order valence-electron chi connectivity index (χ0n) is 13.6. The molecule has 0 heterocycles. The highest BCUT2D eigenvalue weighted by atomic mass is 16.5. The Morgan fingerprint density at radius 1 is 1.17 bits per heavy atom. The summed E-state index contributed by atoms with van der Waals surface area (Å²) in [6.45, 7) is 0.0266. The fourth-order valence-corrected chi connectivity index (χ4v) is 1.96. The van der Waals surface area contributed by atoms with E-state index in [1.807, 2.05) is 0 Å². The van der Waals surface area contributed by atoms with Gasteiger partial charge in [-0.25, -0.2) is 0 Å². The van der Waals surface area contributed by atoms with Crippen LogP contribution in [0.1, 0.15) is 29.6 Å². The van der Waals surface area contributed by atoms with Gasteiger partial charge in [0.1, 0.15) is 12.3 Å². The Hall–Kier alpha value is -2.61. The molecule has 1 atom stereocenters. The predicted molar refractivity (Wildman–Crippen MR) is 87.8 cm³/mol. The highest BCUT2D eigenvalue weighted by molar-refractivity contribution is 5.94. The monoisotopic (exact) mass is 337 g/mol. The molecule has 0 aromatic heterocycles. The fraction of sp³-hybridized carbons (Fsp3) is 0.438. The molecule has 5 N–H and O–H groups in total. The number of nitrogens with two attached hydrogens (primary N) is 1. The van der Waals surface area contributed by atoms with E-state index in [2.05, 4.69) is 10.6 Å². The smallest absolute Gasteiger partial charge is 0.322 e. The first kappa shape index (κ1) is 19.4. The highest BCUT2D eigenvalue weighted by Gasteiger charge is 2.13. The lowest BCUT2D eigenvalue weighted by atomic mass is 10.1. The number of unbranched alkanes of at least 4 members (excludes halogenated alkanes) is 1. The normalized spacial score (nSPS) is 11.4. The third-order valence-corrected chi connectivity index (χ3v) is 3.33. The van der Waals surface area contributed by atoms with Gasteiger partial charge in [0.2, 0.25) is 5.91 Å². The lowest BCUT2D eigenvalue weighted by Crippen LogP contribution is -2.42. The number of carboxylic acids is 1. The molecule has 1 unspecified atom stereocenters. The van der Waals surface area contributed by atoms with Crippen molar-refractivity contribution in [2.24, 2.45) is 5.73 Å². The second kappa shape index (κ2) is 10.2. The average Bonchev–Trinajstić information content (AvgIpc) is 2.58. The number of amides is 2. The molecule has 1 aromatic rings. The minimum Gasteiger partial charge on any atom is -0.497 e. The van der Waals surface area contributed by atoms with E-state index in [1.165, 1.54) is 0 Å². The summed E-state index contributed by atoms with van der Waals surface area (Å²) in [6.07, 6.45) is 1.73. The van der Waals surface area contributed by atoms with Crippen molar-refractivity contribution in [1.29, 1.82) is 0 Å². The summed E-state index contributed by atoms with van der Waals surface area (Å²) in [7, 11) is 1.56. The van der Waals surface area contributed by atoms with E-state index in [0.29, 0.717) is 37.1 Å². The van der Waals surface area contributed by atoms with Crippen LogP contribution in [0.2, 0.25) is 0 Å². The van der Waals surface area contributed by atoms with E-state index in [9.17, 15) is 14.4 Å². The zero-order chi connectivity index (χ0) is 17.9. The van der Waals surface area contributed by atoms with Crippen molar-refractivity contribution in [1.82, 2.24) is 10.6 Å². The second-order valence-electron chi connectivity index (χ2n) is 5.20. The Labute approximate surface area is 140 Å². The van der Waals surface area contributed by atoms with Crippen LogP contribution in [-0.4, -0.2) is 49.1 Å². The van der Waals surface area contributed by atoms with Crippen LogP contribution in [-0.2, 0) is 9.59 Å². The van der Waals surface area contributed by atoms with Crippen molar-refractivity contribution in [2.75, 3.05) is 20.2 Å². The number of rotatable bonds is 10. The molecule has 132 valence electrons. The molecule has 2 amide bonds. The number of carboxylic acid groups (broad SMARTS) is 1.